The van der Waals surface area contributed by atoms with E-state index in [0.29, 0.717) is 16.9 Å². The molecule has 1 saturated carbocycles. The number of rotatable bonds is 4. The van der Waals surface area contributed by atoms with Crippen molar-refractivity contribution in [1.82, 2.24) is 19.1 Å². The van der Waals surface area contributed by atoms with E-state index in [1.165, 1.54) is 22.8 Å². The molecule has 196 valence electrons. The zero-order valence-corrected chi connectivity index (χ0v) is 21.3. The first-order valence-electron chi connectivity index (χ1n) is 12.7. The average molecular weight is 521 g/mol. The molecule has 4 heterocycles. The van der Waals surface area contributed by atoms with Gasteiger partial charge in [0.1, 0.15) is 23.3 Å². The Labute approximate surface area is 217 Å². The number of aromatic nitrogens is 4. The highest BCUT2D eigenvalue weighted by molar-refractivity contribution is 5.82. The summed E-state index contributed by atoms with van der Waals surface area (Å²) in [6.07, 6.45) is 2.01. The van der Waals surface area contributed by atoms with Gasteiger partial charge >= 0.3 is 0 Å². The maximum Gasteiger partial charge on any atom is 0.266 e. The van der Waals surface area contributed by atoms with Crippen LogP contribution in [-0.4, -0.2) is 25.1 Å². The van der Waals surface area contributed by atoms with Crippen LogP contribution in [0.1, 0.15) is 61.6 Å². The molecule has 6 rings (SSSR count). The predicted molar refractivity (Wildman–Crippen MR) is 138 cm³/mol. The van der Waals surface area contributed by atoms with Crippen molar-refractivity contribution >= 4 is 5.82 Å². The lowest BCUT2D eigenvalue weighted by atomic mass is 10.0. The van der Waals surface area contributed by atoms with E-state index < -0.39 is 23.8 Å². The summed E-state index contributed by atoms with van der Waals surface area (Å²) in [5.74, 6) is 1.21. The molecule has 3 unspecified atom stereocenters. The highest BCUT2D eigenvalue weighted by Crippen LogP contribution is 2.47. The molecule has 10 heteroatoms. The van der Waals surface area contributed by atoms with Gasteiger partial charge in [-0.05, 0) is 45.2 Å². The zero-order chi connectivity index (χ0) is 26.7. The van der Waals surface area contributed by atoms with Crippen molar-refractivity contribution in [3.63, 3.8) is 0 Å². The van der Waals surface area contributed by atoms with Crippen LogP contribution in [0.5, 0.6) is 0 Å². The average Bonchev–Trinajstić information content (AvgIpc) is 3.47. The minimum atomic E-state index is -2.92. The normalized spacial score (nSPS) is 19.6. The Morgan fingerprint density at radius 3 is 2.66 bits per heavy atom. The standard InChI is InChI=1S/C28H27F3N6O/c1-14(17-6-4-7-18(24(17)29)25(30)31)32-26-20-12-19(16-10-11-23(38)36(3)13-16)27-35-21-8-5-9-22(21)37(27)28(20)34-15(2)33-26/h4,6-7,10-14,21-22,25,35H,5,8-9H2,1-3H3. The van der Waals surface area contributed by atoms with Crippen molar-refractivity contribution in [3.05, 3.63) is 81.2 Å². The molecule has 3 aliphatic heterocycles. The van der Waals surface area contributed by atoms with E-state index in [1.54, 1.807) is 33.2 Å². The first-order chi connectivity index (χ1) is 18.2. The Balaban J connectivity index is 1.60. The van der Waals surface area contributed by atoms with Crippen LogP contribution in [0.15, 0.2) is 52.4 Å². The molecule has 1 aliphatic carbocycles. The van der Waals surface area contributed by atoms with Gasteiger partial charge < -0.3 is 14.5 Å². The number of anilines is 1. The van der Waals surface area contributed by atoms with E-state index in [-0.39, 0.29) is 23.2 Å². The van der Waals surface area contributed by atoms with Crippen molar-refractivity contribution < 1.29 is 13.2 Å². The topological polar surface area (TPSA) is 77.1 Å². The predicted octanol–water partition coefficient (Wildman–Crippen LogP) is 5.31. The molecular weight excluding hydrogens is 493 g/mol. The minimum absolute atomic E-state index is 0.0804. The molecule has 4 aliphatic rings. The van der Waals surface area contributed by atoms with Crippen LogP contribution in [0.25, 0.3) is 22.5 Å². The van der Waals surface area contributed by atoms with Crippen LogP contribution in [0, 0.1) is 12.7 Å². The van der Waals surface area contributed by atoms with Gasteiger partial charge in [0.25, 0.3) is 6.43 Å². The molecule has 1 aromatic carbocycles. The number of halogens is 3. The fourth-order valence-corrected chi connectivity index (χ4v) is 5.76. The molecule has 0 amide bonds. The molecule has 38 heavy (non-hydrogen) atoms. The van der Waals surface area contributed by atoms with Gasteiger partial charge in [-0.3, -0.25) is 9.79 Å². The molecule has 2 aromatic rings. The summed E-state index contributed by atoms with van der Waals surface area (Å²) in [6.45, 7) is 3.45. The van der Waals surface area contributed by atoms with Crippen LogP contribution >= 0.6 is 0 Å². The number of nitrogens with zero attached hydrogens (tertiary/aromatic N) is 5. The van der Waals surface area contributed by atoms with Crippen molar-refractivity contribution in [2.24, 2.45) is 12.0 Å². The number of nitrogens with one attached hydrogen (secondary N) is 1. The lowest BCUT2D eigenvalue weighted by Gasteiger charge is -2.21. The van der Waals surface area contributed by atoms with Gasteiger partial charge in [0.15, 0.2) is 5.49 Å². The second kappa shape index (κ2) is 9.11. The van der Waals surface area contributed by atoms with Crippen molar-refractivity contribution in [1.29, 1.82) is 0 Å². The van der Waals surface area contributed by atoms with Gasteiger partial charge in [-0.1, -0.05) is 18.2 Å². The summed E-state index contributed by atoms with van der Waals surface area (Å²) >= 11 is 0. The van der Waals surface area contributed by atoms with Crippen LogP contribution in [-0.2, 0) is 7.05 Å². The lowest BCUT2D eigenvalue weighted by Crippen LogP contribution is -2.23. The number of alkyl halides is 2. The van der Waals surface area contributed by atoms with Gasteiger partial charge in [-0.15, -0.1) is 0 Å². The number of benzene rings is 1. The summed E-state index contributed by atoms with van der Waals surface area (Å²) in [4.78, 5) is 26.2. The Bertz CT molecular complexity index is 1660. The van der Waals surface area contributed by atoms with Gasteiger partial charge in [-0.2, -0.15) is 0 Å². The van der Waals surface area contributed by atoms with Gasteiger partial charge in [0.2, 0.25) is 5.56 Å². The van der Waals surface area contributed by atoms with E-state index in [1.807, 2.05) is 6.07 Å². The molecular formula is C28H27F3N6O. The fourth-order valence-electron chi connectivity index (χ4n) is 5.76. The summed E-state index contributed by atoms with van der Waals surface area (Å²) in [5.41, 5.74) is 2.10. The van der Waals surface area contributed by atoms with E-state index in [9.17, 15) is 18.0 Å². The molecule has 7 nitrogen and oxygen atoms in total. The first kappa shape index (κ1) is 24.4. The lowest BCUT2D eigenvalue weighted by molar-refractivity contribution is 0.146. The van der Waals surface area contributed by atoms with Gasteiger partial charge in [-0.25, -0.2) is 23.1 Å². The Kier molecular flexibility index (Phi) is 5.85. The van der Waals surface area contributed by atoms with Crippen LogP contribution in [0.4, 0.5) is 19.0 Å². The quantitative estimate of drug-likeness (QED) is 0.396. The van der Waals surface area contributed by atoms with E-state index in [2.05, 4.69) is 14.9 Å². The molecule has 1 N–H and O–H groups in total. The Hall–Kier alpha value is -3.95. The molecule has 0 spiro atoms. The van der Waals surface area contributed by atoms with E-state index in [4.69, 9.17) is 9.98 Å². The molecule has 0 radical (unpaired) electrons. The summed E-state index contributed by atoms with van der Waals surface area (Å²) < 4.78 is 45.3. The molecule has 1 aromatic heterocycles. The minimum Gasteiger partial charge on any atom is -0.366 e. The SMILES string of the molecule is Cc1nc2n3c(c(-c4ccc(=O)n(C)c4)cc-2c(=NC(C)c2cccc(C(F)F)c2F)n1)NC1CCCC13. The third kappa shape index (κ3) is 3.90. The second-order valence-corrected chi connectivity index (χ2v) is 10.1. The van der Waals surface area contributed by atoms with Gasteiger partial charge in [0.05, 0.1) is 23.2 Å². The summed E-state index contributed by atoms with van der Waals surface area (Å²) in [7, 11) is 1.71. The van der Waals surface area contributed by atoms with Crippen molar-refractivity contribution in [2.45, 2.75) is 57.7 Å². The van der Waals surface area contributed by atoms with Crippen LogP contribution in [0.2, 0.25) is 0 Å². The molecule has 3 atom stereocenters. The number of fused-ring (bicyclic) bond motifs is 5. The Morgan fingerprint density at radius 2 is 1.89 bits per heavy atom. The number of hydrogen-bond donors (Lipinski definition) is 1. The highest BCUT2D eigenvalue weighted by atomic mass is 19.3. The van der Waals surface area contributed by atoms with Crippen LogP contribution in [0.3, 0.4) is 0 Å². The van der Waals surface area contributed by atoms with E-state index >= 15 is 0 Å². The first-order valence-corrected chi connectivity index (χ1v) is 12.7. The van der Waals surface area contributed by atoms with Gasteiger partial charge in [0, 0.05) is 42.0 Å². The zero-order valence-electron chi connectivity index (χ0n) is 21.3. The number of hydrogen-bond acceptors (Lipinski definition) is 5. The van der Waals surface area contributed by atoms with E-state index in [0.717, 1.165) is 48.1 Å². The highest BCUT2D eigenvalue weighted by Gasteiger charge is 2.39. The smallest absolute Gasteiger partial charge is 0.266 e. The second-order valence-electron chi connectivity index (χ2n) is 10.1. The third-order valence-corrected chi connectivity index (χ3v) is 7.62. The monoisotopic (exact) mass is 520 g/mol. The number of pyridine rings is 2. The molecule has 0 saturated heterocycles. The number of aryl methyl sites for hydroxylation is 2. The maximum atomic E-state index is 14.9. The van der Waals surface area contributed by atoms with Crippen LogP contribution < -0.4 is 16.4 Å². The summed E-state index contributed by atoms with van der Waals surface area (Å²) in [5, 5.41) is 3.68. The fraction of sp³-hybridized carbons (Fsp3) is 0.357. The largest absolute Gasteiger partial charge is 0.366 e. The van der Waals surface area contributed by atoms with Crippen molar-refractivity contribution in [3.8, 4) is 22.5 Å². The third-order valence-electron chi connectivity index (χ3n) is 7.62. The molecule has 1 fully saturated rings. The Morgan fingerprint density at radius 1 is 1.11 bits per heavy atom. The molecule has 0 bridgehead atoms. The van der Waals surface area contributed by atoms with Crippen molar-refractivity contribution in [2.75, 3.05) is 5.32 Å². The maximum absolute atomic E-state index is 14.9. The summed E-state index contributed by atoms with van der Waals surface area (Å²) in [6, 6.07) is 8.97.